The van der Waals surface area contributed by atoms with Gasteiger partial charge in [0, 0.05) is 55.8 Å². The lowest BCUT2D eigenvalue weighted by atomic mass is 9.95. The third kappa shape index (κ3) is 4.48. The maximum Gasteiger partial charge on any atom is 0.419 e. The number of nitrogens with zero attached hydrogens (tertiary/aromatic N) is 6. The number of piperidine rings is 1. The number of hydrogen-bond acceptors (Lipinski definition) is 6. The summed E-state index contributed by atoms with van der Waals surface area (Å²) in [6.07, 6.45) is 3.28. The summed E-state index contributed by atoms with van der Waals surface area (Å²) in [5, 5.41) is 0. The van der Waals surface area contributed by atoms with Crippen LogP contribution in [-0.2, 0) is 13.2 Å². The number of aromatic nitrogens is 5. The number of nitrogen functional groups attached to an aromatic ring is 1. The van der Waals surface area contributed by atoms with E-state index in [0.717, 1.165) is 47.7 Å². The Labute approximate surface area is 204 Å². The zero-order valence-electron chi connectivity index (χ0n) is 19.4. The smallest absolute Gasteiger partial charge is 0.383 e. The van der Waals surface area contributed by atoms with Crippen molar-refractivity contribution in [2.45, 2.75) is 24.9 Å². The van der Waals surface area contributed by atoms with Crippen molar-refractivity contribution in [1.29, 1.82) is 0 Å². The predicted octanol–water partition coefficient (Wildman–Crippen LogP) is 5.06. The highest BCUT2D eigenvalue weighted by Gasteiger charge is 2.34. The molecule has 4 heterocycles. The number of imidazole rings is 1. The van der Waals surface area contributed by atoms with E-state index in [1.54, 1.807) is 18.6 Å². The molecule has 1 aliphatic heterocycles. The van der Waals surface area contributed by atoms with Crippen LogP contribution in [0.25, 0.3) is 22.4 Å². The van der Waals surface area contributed by atoms with Crippen molar-refractivity contribution < 1.29 is 17.6 Å². The molecule has 11 heteroatoms. The summed E-state index contributed by atoms with van der Waals surface area (Å²) in [6, 6.07) is 6.70. The molecule has 0 aliphatic carbocycles. The van der Waals surface area contributed by atoms with Crippen LogP contribution in [-0.4, -0.2) is 37.6 Å². The van der Waals surface area contributed by atoms with Gasteiger partial charge < -0.3 is 15.2 Å². The van der Waals surface area contributed by atoms with Gasteiger partial charge >= 0.3 is 6.18 Å². The van der Waals surface area contributed by atoms with Crippen molar-refractivity contribution in [3.05, 3.63) is 72.5 Å². The maximum absolute atomic E-state index is 13.7. The molecule has 0 saturated carbocycles. The van der Waals surface area contributed by atoms with E-state index in [0.29, 0.717) is 24.6 Å². The summed E-state index contributed by atoms with van der Waals surface area (Å²) < 4.78 is 55.1. The Balaban J connectivity index is 1.37. The Kier molecular flexibility index (Phi) is 6.07. The molecule has 0 spiro atoms. The van der Waals surface area contributed by atoms with Gasteiger partial charge in [-0.2, -0.15) is 13.2 Å². The largest absolute Gasteiger partial charge is 0.419 e. The molecule has 5 rings (SSSR count). The molecule has 186 valence electrons. The summed E-state index contributed by atoms with van der Waals surface area (Å²) >= 11 is 0. The Bertz CT molecular complexity index is 1380. The molecule has 1 aliphatic rings. The standard InChI is InChI=1S/C25H23F4N7/c1-35-13-20(16-4-5-19(26)18(11-16)25(27,28)29)34-23(35)15-6-9-36(10-7-15)24-21(22(30)32-14-33-24)17-3-2-8-31-12-17/h2-5,8,11-15H,6-7,9-10H2,1H3,(H2,30,32,33). The van der Waals surface area contributed by atoms with E-state index in [2.05, 4.69) is 24.8 Å². The summed E-state index contributed by atoms with van der Waals surface area (Å²) in [4.78, 5) is 19.6. The number of nitrogens with two attached hydrogens (primary N) is 1. The first kappa shape index (κ1) is 23.7. The van der Waals surface area contributed by atoms with Crippen LogP contribution in [0.1, 0.15) is 30.1 Å². The normalized spacial score (nSPS) is 14.9. The zero-order chi connectivity index (χ0) is 25.4. The number of hydrogen-bond donors (Lipinski definition) is 1. The van der Waals surface area contributed by atoms with E-state index in [4.69, 9.17) is 5.73 Å². The highest BCUT2D eigenvalue weighted by molar-refractivity contribution is 5.83. The van der Waals surface area contributed by atoms with E-state index >= 15 is 0 Å². The number of alkyl halides is 3. The van der Waals surface area contributed by atoms with E-state index in [1.807, 2.05) is 23.7 Å². The molecule has 0 atom stereocenters. The molecule has 0 radical (unpaired) electrons. The molecule has 1 saturated heterocycles. The first-order chi connectivity index (χ1) is 17.2. The number of aryl methyl sites for hydroxylation is 1. The first-order valence-corrected chi connectivity index (χ1v) is 11.4. The highest BCUT2D eigenvalue weighted by atomic mass is 19.4. The van der Waals surface area contributed by atoms with E-state index in [9.17, 15) is 17.6 Å². The quantitative estimate of drug-likeness (QED) is 0.397. The van der Waals surface area contributed by atoms with Crippen molar-refractivity contribution in [3.63, 3.8) is 0 Å². The van der Waals surface area contributed by atoms with Crippen LogP contribution < -0.4 is 10.6 Å². The topological polar surface area (TPSA) is 85.8 Å². The number of halogens is 4. The van der Waals surface area contributed by atoms with E-state index in [-0.39, 0.29) is 11.5 Å². The second kappa shape index (κ2) is 9.21. The zero-order valence-corrected chi connectivity index (χ0v) is 19.4. The van der Waals surface area contributed by atoms with Crippen LogP contribution in [0, 0.1) is 5.82 Å². The van der Waals surface area contributed by atoms with Gasteiger partial charge in [-0.05, 0) is 37.1 Å². The minimum Gasteiger partial charge on any atom is -0.383 e. The molecule has 1 fully saturated rings. The fourth-order valence-electron chi connectivity index (χ4n) is 4.67. The van der Waals surface area contributed by atoms with Gasteiger partial charge in [-0.3, -0.25) is 4.98 Å². The van der Waals surface area contributed by atoms with Crippen LogP contribution >= 0.6 is 0 Å². The van der Waals surface area contributed by atoms with Crippen LogP contribution in [0.15, 0.2) is 55.2 Å². The molecule has 4 aromatic rings. The lowest BCUT2D eigenvalue weighted by Crippen LogP contribution is -2.34. The first-order valence-electron chi connectivity index (χ1n) is 11.4. The molecule has 0 unspecified atom stereocenters. The molecule has 0 amide bonds. The van der Waals surface area contributed by atoms with Gasteiger partial charge in [0.25, 0.3) is 0 Å². The van der Waals surface area contributed by atoms with Crippen LogP contribution in [0.4, 0.5) is 29.2 Å². The molecule has 0 bridgehead atoms. The van der Waals surface area contributed by atoms with E-state index in [1.165, 1.54) is 12.4 Å². The number of pyridine rings is 1. The van der Waals surface area contributed by atoms with Gasteiger partial charge in [0.2, 0.25) is 0 Å². The Morgan fingerprint density at radius 3 is 2.53 bits per heavy atom. The molecule has 3 aromatic heterocycles. The highest BCUT2D eigenvalue weighted by Crippen LogP contribution is 2.38. The fourth-order valence-corrected chi connectivity index (χ4v) is 4.67. The molecule has 7 nitrogen and oxygen atoms in total. The number of rotatable bonds is 4. The van der Waals surface area contributed by atoms with Crippen molar-refractivity contribution in [2.24, 2.45) is 7.05 Å². The van der Waals surface area contributed by atoms with Gasteiger partial charge in [-0.25, -0.2) is 19.3 Å². The van der Waals surface area contributed by atoms with Crippen molar-refractivity contribution in [1.82, 2.24) is 24.5 Å². The predicted molar refractivity (Wildman–Crippen MR) is 127 cm³/mol. The van der Waals surface area contributed by atoms with Crippen LogP contribution in [0.5, 0.6) is 0 Å². The SMILES string of the molecule is Cn1cc(-c2ccc(F)c(C(F)(F)F)c2)nc1C1CCN(c2ncnc(N)c2-c2cccnc2)CC1. The Hall–Kier alpha value is -4.02. The Morgan fingerprint density at radius 2 is 1.83 bits per heavy atom. The summed E-state index contributed by atoms with van der Waals surface area (Å²) in [5.74, 6) is 0.688. The average molecular weight is 498 g/mol. The molecular weight excluding hydrogens is 474 g/mol. The minimum absolute atomic E-state index is 0.101. The summed E-state index contributed by atoms with van der Waals surface area (Å²) in [7, 11) is 1.82. The molecular formula is C25H23F4N7. The summed E-state index contributed by atoms with van der Waals surface area (Å²) in [6.45, 7) is 1.37. The number of benzene rings is 1. The lowest BCUT2D eigenvalue weighted by Gasteiger charge is -2.33. The van der Waals surface area contributed by atoms with Crippen LogP contribution in [0.2, 0.25) is 0 Å². The van der Waals surface area contributed by atoms with E-state index < -0.39 is 17.6 Å². The maximum atomic E-state index is 13.7. The minimum atomic E-state index is -4.77. The van der Waals surface area contributed by atoms with Gasteiger partial charge in [0.15, 0.2) is 0 Å². The molecule has 2 N–H and O–H groups in total. The van der Waals surface area contributed by atoms with Crippen molar-refractivity contribution in [2.75, 3.05) is 23.7 Å². The van der Waals surface area contributed by atoms with Crippen molar-refractivity contribution in [3.8, 4) is 22.4 Å². The van der Waals surface area contributed by atoms with Gasteiger partial charge in [0.05, 0.1) is 16.8 Å². The van der Waals surface area contributed by atoms with Crippen LogP contribution in [0.3, 0.4) is 0 Å². The van der Waals surface area contributed by atoms with Gasteiger partial charge in [-0.1, -0.05) is 6.07 Å². The van der Waals surface area contributed by atoms with Crippen molar-refractivity contribution >= 4 is 11.6 Å². The fraction of sp³-hybridized carbons (Fsp3) is 0.280. The summed E-state index contributed by atoms with van der Waals surface area (Å²) in [5.41, 5.74) is 7.06. The number of anilines is 2. The third-order valence-electron chi connectivity index (χ3n) is 6.45. The molecule has 1 aromatic carbocycles. The molecule has 36 heavy (non-hydrogen) atoms. The van der Waals surface area contributed by atoms with Gasteiger partial charge in [-0.15, -0.1) is 0 Å². The lowest BCUT2D eigenvalue weighted by molar-refractivity contribution is -0.139. The second-order valence-electron chi connectivity index (χ2n) is 8.75. The Morgan fingerprint density at radius 1 is 1.06 bits per heavy atom. The third-order valence-corrected chi connectivity index (χ3v) is 6.45. The average Bonchev–Trinajstić information content (AvgIpc) is 3.25. The van der Waals surface area contributed by atoms with Gasteiger partial charge in [0.1, 0.15) is 29.6 Å². The second-order valence-corrected chi connectivity index (χ2v) is 8.75. The monoisotopic (exact) mass is 497 g/mol.